The molecule has 4 aromatic rings. The van der Waals surface area contributed by atoms with Gasteiger partial charge in [-0.2, -0.15) is 5.26 Å². The lowest BCUT2D eigenvalue weighted by molar-refractivity contribution is -0.151. The van der Waals surface area contributed by atoms with Crippen LogP contribution in [-0.2, 0) is 48.7 Å². The lowest BCUT2D eigenvalue weighted by Gasteiger charge is -2.33. The van der Waals surface area contributed by atoms with Crippen molar-refractivity contribution in [3.63, 3.8) is 0 Å². The summed E-state index contributed by atoms with van der Waals surface area (Å²) in [4.78, 5) is 46.4. The summed E-state index contributed by atoms with van der Waals surface area (Å²) in [6.07, 6.45) is 3.51. The van der Waals surface area contributed by atoms with Gasteiger partial charge in [-0.05, 0) is 46.4 Å². The van der Waals surface area contributed by atoms with Crippen molar-refractivity contribution < 1.29 is 27.5 Å². The monoisotopic (exact) mass is 715 g/mol. The zero-order chi connectivity index (χ0) is 37.2. The largest absolute Gasteiger partial charge is 0.467 e. The number of fused-ring (bicyclic) bond motifs is 1. The summed E-state index contributed by atoms with van der Waals surface area (Å²) in [6, 6.07) is 22.6. The lowest BCUT2D eigenvalue weighted by Crippen LogP contribution is -2.60. The topological polar surface area (TPSA) is 203 Å². The fourth-order valence-corrected chi connectivity index (χ4v) is 6.52. The Hall–Kier alpha value is -4.94. The highest BCUT2D eigenvalue weighted by atomic mass is 32.2. The number of hydrogen-bond acceptors (Lipinski definition) is 10. The minimum Gasteiger partial charge on any atom is -0.467 e. The number of methoxy groups -OCH3 is 1. The van der Waals surface area contributed by atoms with Crippen molar-refractivity contribution in [1.82, 2.24) is 19.8 Å². The molecule has 1 aromatic heterocycles. The summed E-state index contributed by atoms with van der Waals surface area (Å²) < 4.78 is 30.3. The Morgan fingerprint density at radius 2 is 1.80 bits per heavy atom. The number of amides is 1. The molecule has 3 aromatic carbocycles. The molecule has 1 amide bonds. The first-order valence-electron chi connectivity index (χ1n) is 16.6. The number of aromatic nitrogens is 2. The molecule has 51 heavy (non-hydrogen) atoms. The highest BCUT2D eigenvalue weighted by molar-refractivity contribution is 7.89. The van der Waals surface area contributed by atoms with Gasteiger partial charge in [-0.25, -0.2) is 23.3 Å². The van der Waals surface area contributed by atoms with E-state index < -0.39 is 45.5 Å². The second-order valence-corrected chi connectivity index (χ2v) is 14.6. The van der Waals surface area contributed by atoms with Crippen LogP contribution in [0.4, 0.5) is 0 Å². The first-order chi connectivity index (χ1) is 24.3. The number of nitrogens with one attached hydrogen (secondary N) is 1. The fourth-order valence-electron chi connectivity index (χ4n) is 5.91. The van der Waals surface area contributed by atoms with Crippen LogP contribution >= 0.6 is 0 Å². The van der Waals surface area contributed by atoms with Crippen LogP contribution < -0.4 is 16.2 Å². The molecule has 0 saturated heterocycles. The first kappa shape index (κ1) is 38.9. The Morgan fingerprint density at radius 3 is 2.47 bits per heavy atom. The van der Waals surface area contributed by atoms with Gasteiger partial charge < -0.3 is 20.4 Å². The third-order valence-electron chi connectivity index (χ3n) is 9.18. The Kier molecular flexibility index (Phi) is 13.2. The quantitative estimate of drug-likeness (QED) is 0.102. The van der Waals surface area contributed by atoms with Gasteiger partial charge >= 0.3 is 5.97 Å². The molecule has 0 aliphatic carbocycles. The van der Waals surface area contributed by atoms with Crippen molar-refractivity contribution in [2.45, 2.75) is 57.8 Å². The number of sulfonamides is 1. The van der Waals surface area contributed by atoms with Crippen molar-refractivity contribution in [2.75, 3.05) is 26.0 Å². The van der Waals surface area contributed by atoms with E-state index in [0.29, 0.717) is 17.8 Å². The summed E-state index contributed by atoms with van der Waals surface area (Å²) in [5.41, 5.74) is 7.18. The van der Waals surface area contributed by atoms with Crippen molar-refractivity contribution in [3.05, 3.63) is 102 Å². The standard InChI is InChI=1S/C37H45N7O6S/c1-4-26(2)33(42-35(46)18-31-20-41-25-44(31)21-28-14-12-27(19-38)13-15-28)23-43(22-30-10-7-9-29-8-5-6-11-32(29)30)24-34(45)37(39,36(47)50-3)16-17-51(40,48)49/h5-15,20,25-26,33H,4,16-18,21-24,39H2,1-3H3,(H,42,46)(H2,40,48,49)/t26-,33+,37-/m0/s1. The number of ether oxygens (including phenoxy) is 1. The van der Waals surface area contributed by atoms with Crippen molar-refractivity contribution in [1.29, 1.82) is 5.26 Å². The van der Waals surface area contributed by atoms with Gasteiger partial charge in [0.25, 0.3) is 0 Å². The van der Waals surface area contributed by atoms with Gasteiger partial charge in [-0.1, -0.05) is 74.9 Å². The molecule has 5 N–H and O–H groups in total. The van der Waals surface area contributed by atoms with Gasteiger partial charge in [-0.3, -0.25) is 14.5 Å². The molecule has 0 radical (unpaired) electrons. The van der Waals surface area contributed by atoms with Crippen molar-refractivity contribution in [3.8, 4) is 6.07 Å². The normalized spacial score (nSPS) is 14.0. The number of Topliss-reactive ketones (excluding diaryl/α,β-unsaturated/α-hetero) is 1. The number of benzene rings is 3. The maximum Gasteiger partial charge on any atom is 0.333 e. The van der Waals surface area contributed by atoms with Gasteiger partial charge in [-0.15, -0.1) is 0 Å². The van der Waals surface area contributed by atoms with E-state index in [-0.39, 0.29) is 37.9 Å². The highest BCUT2D eigenvalue weighted by Gasteiger charge is 2.44. The Bertz CT molecular complexity index is 1980. The zero-order valence-electron chi connectivity index (χ0n) is 29.1. The lowest BCUT2D eigenvalue weighted by atomic mass is 9.90. The van der Waals surface area contributed by atoms with Crippen molar-refractivity contribution >= 4 is 38.5 Å². The van der Waals surface area contributed by atoms with E-state index in [1.165, 1.54) is 0 Å². The van der Waals surface area contributed by atoms with Crippen LogP contribution in [0.3, 0.4) is 0 Å². The highest BCUT2D eigenvalue weighted by Crippen LogP contribution is 2.22. The van der Waals surface area contributed by atoms with Gasteiger partial charge in [0.1, 0.15) is 0 Å². The molecule has 13 nitrogen and oxygen atoms in total. The number of carbonyl (C=O) groups is 3. The van der Waals surface area contributed by atoms with Gasteiger partial charge in [0.15, 0.2) is 11.3 Å². The molecule has 4 rings (SSSR count). The van der Waals surface area contributed by atoms with E-state index >= 15 is 0 Å². The minimum atomic E-state index is -4.05. The molecule has 0 spiro atoms. The van der Waals surface area contributed by atoms with Gasteiger partial charge in [0.2, 0.25) is 15.9 Å². The Morgan fingerprint density at radius 1 is 1.10 bits per heavy atom. The maximum atomic E-state index is 13.9. The molecule has 0 unspecified atom stereocenters. The summed E-state index contributed by atoms with van der Waals surface area (Å²) in [5, 5.41) is 19.4. The number of primary sulfonamides is 1. The maximum absolute atomic E-state index is 13.9. The number of nitrogens with two attached hydrogens (primary N) is 2. The average molecular weight is 716 g/mol. The van der Waals surface area contributed by atoms with E-state index in [0.717, 1.165) is 35.4 Å². The van der Waals surface area contributed by atoms with E-state index in [2.05, 4.69) is 16.4 Å². The third kappa shape index (κ3) is 10.5. The van der Waals surface area contributed by atoms with Crippen LogP contribution in [0.5, 0.6) is 0 Å². The van der Waals surface area contributed by atoms with Crippen LogP contribution in [0.2, 0.25) is 0 Å². The number of nitrogens with zero attached hydrogens (tertiary/aromatic N) is 4. The van der Waals surface area contributed by atoms with E-state index in [4.69, 9.17) is 20.9 Å². The number of nitriles is 1. The minimum absolute atomic E-state index is 0.0201. The summed E-state index contributed by atoms with van der Waals surface area (Å²) >= 11 is 0. The predicted molar refractivity (Wildman–Crippen MR) is 193 cm³/mol. The second-order valence-electron chi connectivity index (χ2n) is 12.9. The number of imidazole rings is 1. The smallest absolute Gasteiger partial charge is 0.333 e. The summed E-state index contributed by atoms with van der Waals surface area (Å²) in [5.74, 6) is -2.76. The molecule has 0 bridgehead atoms. The number of hydrogen-bond donors (Lipinski definition) is 3. The Balaban J connectivity index is 1.59. The zero-order valence-corrected chi connectivity index (χ0v) is 29.9. The van der Waals surface area contributed by atoms with E-state index in [1.54, 1.807) is 24.7 Å². The van der Waals surface area contributed by atoms with Crippen LogP contribution in [0.1, 0.15) is 49.1 Å². The molecule has 0 aliphatic heterocycles. The van der Waals surface area contributed by atoms with Crippen molar-refractivity contribution in [2.24, 2.45) is 16.8 Å². The number of esters is 1. The number of ketones is 1. The van der Waals surface area contributed by atoms with E-state index in [9.17, 15) is 22.8 Å². The van der Waals surface area contributed by atoms with E-state index in [1.807, 2.05) is 77.9 Å². The SMILES string of the molecule is CC[C@H](C)[C@@H](CN(CC(=O)[C@@](N)(CCS(N)(=O)=O)C(=O)OC)Cc1cccc2ccccc12)NC(=O)Cc1cncn1Cc1ccc(C#N)cc1. The molecule has 0 fully saturated rings. The fraction of sp³-hybridized carbons (Fsp3) is 0.378. The molecule has 1 heterocycles. The molecule has 14 heteroatoms. The van der Waals surface area contributed by atoms with Crippen LogP contribution in [-0.4, -0.2) is 78.1 Å². The summed E-state index contributed by atoms with van der Waals surface area (Å²) in [7, 11) is -2.97. The summed E-state index contributed by atoms with van der Waals surface area (Å²) in [6.45, 7) is 4.63. The molecular weight excluding hydrogens is 671 g/mol. The molecule has 0 aliphatic rings. The first-order valence-corrected chi connectivity index (χ1v) is 18.3. The molecular formula is C37H45N7O6S. The van der Waals surface area contributed by atoms with Crippen LogP contribution in [0, 0.1) is 17.2 Å². The Labute approximate surface area is 298 Å². The third-order valence-corrected chi connectivity index (χ3v) is 9.95. The van der Waals surface area contributed by atoms with Crippen LogP contribution in [0.25, 0.3) is 10.8 Å². The number of carbonyl (C=O) groups excluding carboxylic acids is 3. The van der Waals surface area contributed by atoms with Gasteiger partial charge in [0.05, 0.1) is 43.8 Å². The van der Waals surface area contributed by atoms with Gasteiger partial charge in [0, 0.05) is 37.6 Å². The second kappa shape index (κ2) is 17.3. The number of rotatable bonds is 18. The molecule has 270 valence electrons. The van der Waals surface area contributed by atoms with Crippen LogP contribution in [0.15, 0.2) is 79.3 Å². The average Bonchev–Trinajstić information content (AvgIpc) is 3.55. The predicted octanol–water partition coefficient (Wildman–Crippen LogP) is 2.65. The molecule has 0 saturated carbocycles. The molecule has 3 atom stereocenters.